The van der Waals surface area contributed by atoms with E-state index in [4.69, 9.17) is 0 Å². The molecule has 1 aromatic carbocycles. The fourth-order valence-corrected chi connectivity index (χ4v) is 3.23. The zero-order chi connectivity index (χ0) is 16.4. The maximum atomic E-state index is 12.4. The third-order valence-electron chi connectivity index (χ3n) is 3.92. The Morgan fingerprint density at radius 1 is 1.09 bits per heavy atom. The number of piperazine rings is 1. The van der Waals surface area contributed by atoms with E-state index in [0.29, 0.717) is 29.5 Å². The SMILES string of the molecule is CC(=O)c1ccc(N2CCN(C(=O)c3nc(C)ns3)CC2)cc1. The zero-order valence-corrected chi connectivity index (χ0v) is 14.0. The second-order valence-electron chi connectivity index (χ2n) is 5.53. The van der Waals surface area contributed by atoms with E-state index >= 15 is 0 Å². The van der Waals surface area contributed by atoms with E-state index in [-0.39, 0.29) is 11.7 Å². The second kappa shape index (κ2) is 6.45. The average Bonchev–Trinajstić information content (AvgIpc) is 3.01. The molecule has 0 bridgehead atoms. The van der Waals surface area contributed by atoms with Crippen LogP contribution < -0.4 is 4.90 Å². The molecule has 1 fully saturated rings. The first-order valence-corrected chi connectivity index (χ1v) is 8.27. The molecule has 23 heavy (non-hydrogen) atoms. The summed E-state index contributed by atoms with van der Waals surface area (Å²) < 4.78 is 4.06. The van der Waals surface area contributed by atoms with Gasteiger partial charge in [-0.15, -0.1) is 0 Å². The maximum Gasteiger partial charge on any atom is 0.284 e. The number of aromatic nitrogens is 2. The van der Waals surface area contributed by atoms with Crippen molar-refractivity contribution >= 4 is 28.9 Å². The van der Waals surface area contributed by atoms with Crippen LogP contribution in [0.1, 0.15) is 32.9 Å². The number of aryl methyl sites for hydroxylation is 1. The molecule has 7 heteroatoms. The number of Topliss-reactive ketones (excluding diaryl/α,β-unsaturated/α-hetero) is 1. The molecule has 120 valence electrons. The van der Waals surface area contributed by atoms with Gasteiger partial charge in [-0.2, -0.15) is 4.37 Å². The standard InChI is InChI=1S/C16H18N4O2S/c1-11(21)13-3-5-14(6-4-13)19-7-9-20(10-8-19)16(22)15-17-12(2)18-23-15/h3-6H,7-10H2,1-2H3. The van der Waals surface area contributed by atoms with Crippen LogP contribution in [0.25, 0.3) is 0 Å². The van der Waals surface area contributed by atoms with Gasteiger partial charge in [0.25, 0.3) is 5.91 Å². The molecule has 0 unspecified atom stereocenters. The Hall–Kier alpha value is -2.28. The molecule has 6 nitrogen and oxygen atoms in total. The van der Waals surface area contributed by atoms with Crippen molar-refractivity contribution < 1.29 is 9.59 Å². The predicted octanol–water partition coefficient (Wildman–Crippen LogP) is 2.01. The first-order chi connectivity index (χ1) is 11.0. The minimum Gasteiger partial charge on any atom is -0.368 e. The highest BCUT2D eigenvalue weighted by molar-refractivity contribution is 7.07. The van der Waals surface area contributed by atoms with Crippen molar-refractivity contribution in [2.24, 2.45) is 0 Å². The van der Waals surface area contributed by atoms with Gasteiger partial charge < -0.3 is 9.80 Å². The number of benzene rings is 1. The number of ketones is 1. The quantitative estimate of drug-likeness (QED) is 0.806. The largest absolute Gasteiger partial charge is 0.368 e. The Kier molecular flexibility index (Phi) is 4.38. The molecule has 2 heterocycles. The van der Waals surface area contributed by atoms with Gasteiger partial charge in [0.15, 0.2) is 5.78 Å². The van der Waals surface area contributed by atoms with Crippen LogP contribution in [0.3, 0.4) is 0 Å². The maximum absolute atomic E-state index is 12.4. The van der Waals surface area contributed by atoms with Crippen molar-refractivity contribution in [1.82, 2.24) is 14.3 Å². The molecule has 0 aliphatic carbocycles. The zero-order valence-electron chi connectivity index (χ0n) is 13.2. The normalized spacial score (nSPS) is 14.9. The lowest BCUT2D eigenvalue weighted by atomic mass is 10.1. The summed E-state index contributed by atoms with van der Waals surface area (Å²) in [5.74, 6) is 0.670. The number of hydrogen-bond donors (Lipinski definition) is 0. The number of nitrogens with zero attached hydrogens (tertiary/aromatic N) is 4. The smallest absolute Gasteiger partial charge is 0.284 e. The summed E-state index contributed by atoms with van der Waals surface area (Å²) in [5, 5.41) is 0.460. The lowest BCUT2D eigenvalue weighted by Crippen LogP contribution is -2.48. The highest BCUT2D eigenvalue weighted by Crippen LogP contribution is 2.19. The average molecular weight is 330 g/mol. The number of anilines is 1. The second-order valence-corrected chi connectivity index (χ2v) is 6.28. The molecule has 1 aliphatic heterocycles. The molecular weight excluding hydrogens is 312 g/mol. The van der Waals surface area contributed by atoms with E-state index in [1.165, 1.54) is 0 Å². The van der Waals surface area contributed by atoms with Crippen LogP contribution in [0.2, 0.25) is 0 Å². The monoisotopic (exact) mass is 330 g/mol. The Morgan fingerprint density at radius 2 is 1.74 bits per heavy atom. The van der Waals surface area contributed by atoms with E-state index in [1.807, 2.05) is 29.2 Å². The third kappa shape index (κ3) is 3.39. The summed E-state index contributed by atoms with van der Waals surface area (Å²) in [6.45, 7) is 6.20. The lowest BCUT2D eigenvalue weighted by molar-refractivity contribution is 0.0746. The number of carbonyl (C=O) groups excluding carboxylic acids is 2. The van der Waals surface area contributed by atoms with E-state index in [9.17, 15) is 9.59 Å². The van der Waals surface area contributed by atoms with Crippen LogP contribution >= 0.6 is 11.5 Å². The molecule has 1 saturated heterocycles. The fraction of sp³-hybridized carbons (Fsp3) is 0.375. The minimum absolute atomic E-state index is 0.0397. The minimum atomic E-state index is -0.0397. The molecule has 0 saturated carbocycles. The van der Waals surface area contributed by atoms with E-state index in [1.54, 1.807) is 13.8 Å². The molecule has 1 aliphatic rings. The molecule has 0 atom stereocenters. The first kappa shape index (κ1) is 15.6. The van der Waals surface area contributed by atoms with Gasteiger partial charge in [-0.3, -0.25) is 9.59 Å². The predicted molar refractivity (Wildman–Crippen MR) is 89.2 cm³/mol. The third-order valence-corrected chi connectivity index (χ3v) is 4.71. The van der Waals surface area contributed by atoms with Gasteiger partial charge >= 0.3 is 0 Å². The van der Waals surface area contributed by atoms with E-state index in [2.05, 4.69) is 14.3 Å². The summed E-state index contributed by atoms with van der Waals surface area (Å²) in [5.41, 5.74) is 1.79. The van der Waals surface area contributed by atoms with Gasteiger partial charge in [0.1, 0.15) is 5.82 Å². The number of carbonyl (C=O) groups is 2. The number of amides is 1. The van der Waals surface area contributed by atoms with Gasteiger partial charge in [0, 0.05) is 37.4 Å². The van der Waals surface area contributed by atoms with Crippen LogP contribution in [-0.2, 0) is 0 Å². The molecule has 0 spiro atoms. The Labute approximate surface area is 138 Å². The number of hydrogen-bond acceptors (Lipinski definition) is 6. The van der Waals surface area contributed by atoms with Crippen molar-refractivity contribution in [2.75, 3.05) is 31.1 Å². The van der Waals surface area contributed by atoms with E-state index in [0.717, 1.165) is 30.3 Å². The van der Waals surface area contributed by atoms with E-state index < -0.39 is 0 Å². The Morgan fingerprint density at radius 3 is 2.26 bits per heavy atom. The van der Waals surface area contributed by atoms with Crippen molar-refractivity contribution in [3.05, 3.63) is 40.7 Å². The molecular formula is C16H18N4O2S. The van der Waals surface area contributed by atoms with Crippen LogP contribution in [-0.4, -0.2) is 52.1 Å². The first-order valence-electron chi connectivity index (χ1n) is 7.50. The van der Waals surface area contributed by atoms with Gasteiger partial charge in [0.2, 0.25) is 5.01 Å². The molecule has 3 rings (SSSR count). The molecule has 1 amide bonds. The van der Waals surface area contributed by atoms with Crippen molar-refractivity contribution in [3.63, 3.8) is 0 Å². The van der Waals surface area contributed by atoms with Gasteiger partial charge in [-0.1, -0.05) is 0 Å². The topological polar surface area (TPSA) is 66.4 Å². The van der Waals surface area contributed by atoms with Crippen LogP contribution in [0.4, 0.5) is 5.69 Å². The summed E-state index contributed by atoms with van der Waals surface area (Å²) in [7, 11) is 0. The molecule has 2 aromatic rings. The van der Waals surface area contributed by atoms with Crippen LogP contribution in [0.5, 0.6) is 0 Å². The fourth-order valence-electron chi connectivity index (χ4n) is 2.59. The van der Waals surface area contributed by atoms with Crippen LogP contribution in [0, 0.1) is 6.92 Å². The van der Waals surface area contributed by atoms with Crippen molar-refractivity contribution in [2.45, 2.75) is 13.8 Å². The highest BCUT2D eigenvalue weighted by atomic mass is 32.1. The summed E-state index contributed by atoms with van der Waals surface area (Å²) in [6.07, 6.45) is 0. The van der Waals surface area contributed by atoms with Crippen molar-refractivity contribution in [3.8, 4) is 0 Å². The van der Waals surface area contributed by atoms with Crippen molar-refractivity contribution in [1.29, 1.82) is 0 Å². The van der Waals surface area contributed by atoms with Crippen LogP contribution in [0.15, 0.2) is 24.3 Å². The summed E-state index contributed by atoms with van der Waals surface area (Å²) in [4.78, 5) is 31.9. The molecule has 1 aromatic heterocycles. The summed E-state index contributed by atoms with van der Waals surface area (Å²) >= 11 is 1.15. The Balaban J connectivity index is 1.61. The summed E-state index contributed by atoms with van der Waals surface area (Å²) in [6, 6.07) is 7.61. The highest BCUT2D eigenvalue weighted by Gasteiger charge is 2.24. The lowest BCUT2D eigenvalue weighted by Gasteiger charge is -2.35. The Bertz CT molecular complexity index is 718. The molecule has 0 N–H and O–H groups in total. The number of rotatable bonds is 3. The molecule has 0 radical (unpaired) electrons. The van der Waals surface area contributed by atoms with Gasteiger partial charge in [-0.25, -0.2) is 4.98 Å². The van der Waals surface area contributed by atoms with Gasteiger partial charge in [-0.05, 0) is 49.6 Å². The van der Waals surface area contributed by atoms with Gasteiger partial charge in [0.05, 0.1) is 0 Å².